The molecule has 21 heavy (non-hydrogen) atoms. The summed E-state index contributed by atoms with van der Waals surface area (Å²) in [6, 6.07) is 0.653. The average Bonchev–Trinajstić information content (AvgIpc) is 3.22. The number of pyridine rings is 1. The lowest BCUT2D eigenvalue weighted by Gasteiger charge is -2.18. The lowest BCUT2D eigenvalue weighted by atomic mass is 10.1. The average molecular weight is 294 g/mol. The Morgan fingerprint density at radius 2 is 2.05 bits per heavy atom. The molecule has 110 valence electrons. The topological polar surface area (TPSA) is 85.3 Å². The molecule has 1 aliphatic carbocycles. The van der Waals surface area contributed by atoms with Crippen LogP contribution in [0.5, 0.6) is 0 Å². The number of nitrogens with two attached hydrogens (primary N) is 1. The van der Waals surface area contributed by atoms with Crippen molar-refractivity contribution in [3.05, 3.63) is 39.1 Å². The van der Waals surface area contributed by atoms with Gasteiger partial charge in [-0.05, 0) is 25.8 Å². The quantitative estimate of drug-likeness (QED) is 0.889. The molecule has 0 amide bonds. The zero-order valence-corrected chi connectivity index (χ0v) is 11.1. The molecule has 1 aromatic heterocycles. The Labute approximate surface area is 117 Å². The Hall–Kier alpha value is -2.44. The molecule has 1 aromatic carbocycles. The molecule has 0 bridgehead atoms. The van der Waals surface area contributed by atoms with E-state index >= 15 is 0 Å². The number of hydrogen-bond acceptors (Lipinski definition) is 3. The lowest BCUT2D eigenvalue weighted by molar-refractivity contribution is 0.0696. The molecule has 1 fully saturated rings. The van der Waals surface area contributed by atoms with Gasteiger partial charge in [0.25, 0.3) is 0 Å². The minimum Gasteiger partial charge on any atom is -0.477 e. The third kappa shape index (κ3) is 1.80. The van der Waals surface area contributed by atoms with Crippen LogP contribution in [0.4, 0.5) is 14.6 Å². The standard InChI is InChI=1S/C14H12F2N2O3/c1-5-10(16)8(15)4-7-11(5)18(6-2-3-6)13(17)9(12(7)19)14(20)21/h4,6H,2-3,17H2,1H3,(H,20,21). The number of aryl methyl sites for hydroxylation is 1. The van der Waals surface area contributed by atoms with Crippen molar-refractivity contribution in [2.45, 2.75) is 25.8 Å². The second kappa shape index (κ2) is 4.28. The number of rotatable bonds is 2. The Morgan fingerprint density at radius 3 is 2.57 bits per heavy atom. The summed E-state index contributed by atoms with van der Waals surface area (Å²) in [4.78, 5) is 23.5. The smallest absolute Gasteiger partial charge is 0.343 e. The first kappa shape index (κ1) is 13.5. The van der Waals surface area contributed by atoms with Crippen LogP contribution in [0.2, 0.25) is 0 Å². The number of carboxylic acids is 1. The van der Waals surface area contributed by atoms with E-state index in [1.54, 1.807) is 0 Å². The molecule has 1 aliphatic rings. The van der Waals surface area contributed by atoms with E-state index < -0.39 is 28.6 Å². The zero-order valence-electron chi connectivity index (χ0n) is 11.1. The van der Waals surface area contributed by atoms with Crippen molar-refractivity contribution in [1.29, 1.82) is 0 Å². The highest BCUT2D eigenvalue weighted by molar-refractivity contribution is 5.98. The molecule has 0 aliphatic heterocycles. The number of nitrogen functional groups attached to an aromatic ring is 1. The van der Waals surface area contributed by atoms with E-state index in [-0.39, 0.29) is 28.3 Å². The van der Waals surface area contributed by atoms with Crippen molar-refractivity contribution in [1.82, 2.24) is 4.57 Å². The molecule has 7 heteroatoms. The highest BCUT2D eigenvalue weighted by Gasteiger charge is 2.31. The zero-order chi connectivity index (χ0) is 15.5. The third-order valence-corrected chi connectivity index (χ3v) is 3.77. The number of aromatic carboxylic acids is 1. The summed E-state index contributed by atoms with van der Waals surface area (Å²) < 4.78 is 28.8. The molecule has 1 heterocycles. The van der Waals surface area contributed by atoms with Crippen LogP contribution in [0.25, 0.3) is 10.9 Å². The molecule has 0 radical (unpaired) electrons. The first-order valence-electron chi connectivity index (χ1n) is 6.40. The summed E-state index contributed by atoms with van der Waals surface area (Å²) in [5.74, 6) is -3.92. The molecular formula is C14H12F2N2O3. The van der Waals surface area contributed by atoms with Crippen LogP contribution in [0.1, 0.15) is 34.8 Å². The van der Waals surface area contributed by atoms with E-state index in [9.17, 15) is 18.4 Å². The van der Waals surface area contributed by atoms with Crippen molar-refractivity contribution in [3.63, 3.8) is 0 Å². The second-order valence-electron chi connectivity index (χ2n) is 5.19. The molecule has 0 saturated heterocycles. The van der Waals surface area contributed by atoms with Crippen LogP contribution >= 0.6 is 0 Å². The van der Waals surface area contributed by atoms with Crippen LogP contribution < -0.4 is 11.2 Å². The Bertz CT molecular complexity index is 854. The van der Waals surface area contributed by atoms with Crippen molar-refractivity contribution < 1.29 is 18.7 Å². The number of fused-ring (bicyclic) bond motifs is 1. The SMILES string of the molecule is Cc1c(F)c(F)cc2c(=O)c(C(=O)O)c(N)n(C3CC3)c12. The van der Waals surface area contributed by atoms with Gasteiger partial charge in [-0.25, -0.2) is 13.6 Å². The van der Waals surface area contributed by atoms with Gasteiger partial charge in [-0.3, -0.25) is 4.79 Å². The maximum absolute atomic E-state index is 13.8. The van der Waals surface area contributed by atoms with Gasteiger partial charge in [0.05, 0.1) is 10.9 Å². The van der Waals surface area contributed by atoms with Gasteiger partial charge >= 0.3 is 5.97 Å². The number of halogens is 2. The number of carbonyl (C=O) groups is 1. The number of nitrogens with zero attached hydrogens (tertiary/aromatic N) is 1. The van der Waals surface area contributed by atoms with Crippen LogP contribution in [0.3, 0.4) is 0 Å². The monoisotopic (exact) mass is 294 g/mol. The molecule has 3 N–H and O–H groups in total. The maximum atomic E-state index is 13.8. The first-order chi connectivity index (χ1) is 9.84. The van der Waals surface area contributed by atoms with E-state index in [4.69, 9.17) is 10.8 Å². The highest BCUT2D eigenvalue weighted by Crippen LogP contribution is 2.40. The third-order valence-electron chi connectivity index (χ3n) is 3.77. The first-order valence-corrected chi connectivity index (χ1v) is 6.40. The van der Waals surface area contributed by atoms with Crippen molar-refractivity contribution in [3.8, 4) is 0 Å². The van der Waals surface area contributed by atoms with E-state index in [1.165, 1.54) is 11.5 Å². The number of hydrogen-bond donors (Lipinski definition) is 2. The largest absolute Gasteiger partial charge is 0.477 e. The van der Waals surface area contributed by atoms with E-state index in [0.717, 1.165) is 18.9 Å². The lowest BCUT2D eigenvalue weighted by Crippen LogP contribution is -2.24. The fourth-order valence-electron chi connectivity index (χ4n) is 2.64. The van der Waals surface area contributed by atoms with Crippen LogP contribution in [-0.2, 0) is 0 Å². The maximum Gasteiger partial charge on any atom is 0.343 e. The summed E-state index contributed by atoms with van der Waals surface area (Å²) in [6.45, 7) is 1.35. The molecule has 1 saturated carbocycles. The van der Waals surface area contributed by atoms with Crippen molar-refractivity contribution >= 4 is 22.7 Å². The molecule has 0 spiro atoms. The van der Waals surface area contributed by atoms with Crippen LogP contribution in [0.15, 0.2) is 10.9 Å². The van der Waals surface area contributed by atoms with Gasteiger partial charge in [0, 0.05) is 11.6 Å². The van der Waals surface area contributed by atoms with E-state index in [0.29, 0.717) is 0 Å². The van der Waals surface area contributed by atoms with Gasteiger partial charge in [0.15, 0.2) is 11.6 Å². The molecule has 2 aromatic rings. The van der Waals surface area contributed by atoms with Gasteiger partial charge in [0.1, 0.15) is 11.4 Å². The van der Waals surface area contributed by atoms with Gasteiger partial charge in [-0.1, -0.05) is 0 Å². The summed E-state index contributed by atoms with van der Waals surface area (Å²) in [5, 5.41) is 9.00. The van der Waals surface area contributed by atoms with Crippen molar-refractivity contribution in [2.24, 2.45) is 0 Å². The number of carboxylic acid groups (broad SMARTS) is 1. The minimum absolute atomic E-state index is 0.0439. The molecule has 0 unspecified atom stereocenters. The molecule has 0 atom stereocenters. The van der Waals surface area contributed by atoms with Crippen LogP contribution in [0, 0.1) is 18.6 Å². The normalized spacial score (nSPS) is 14.6. The predicted octanol–water partition coefficient (Wildman–Crippen LogP) is 2.20. The molecule has 5 nitrogen and oxygen atoms in total. The van der Waals surface area contributed by atoms with Crippen LogP contribution in [-0.4, -0.2) is 15.6 Å². The van der Waals surface area contributed by atoms with E-state index in [1.807, 2.05) is 0 Å². The number of aromatic nitrogens is 1. The summed E-state index contributed by atoms with van der Waals surface area (Å²) in [6.07, 6.45) is 1.50. The summed E-state index contributed by atoms with van der Waals surface area (Å²) in [7, 11) is 0. The minimum atomic E-state index is -1.48. The Balaban J connectivity index is 2.60. The van der Waals surface area contributed by atoms with Gasteiger partial charge < -0.3 is 15.4 Å². The number of anilines is 1. The Kier molecular flexibility index (Phi) is 2.76. The number of benzene rings is 1. The second-order valence-corrected chi connectivity index (χ2v) is 5.19. The van der Waals surface area contributed by atoms with Gasteiger partial charge in [-0.2, -0.15) is 0 Å². The highest BCUT2D eigenvalue weighted by atomic mass is 19.2. The predicted molar refractivity (Wildman–Crippen MR) is 72.5 cm³/mol. The summed E-state index contributed by atoms with van der Waals surface area (Å²) in [5.41, 5.74) is 4.45. The van der Waals surface area contributed by atoms with E-state index in [2.05, 4.69) is 0 Å². The molecular weight excluding hydrogens is 282 g/mol. The van der Waals surface area contributed by atoms with Crippen molar-refractivity contribution in [2.75, 3.05) is 5.73 Å². The van der Waals surface area contributed by atoms with Gasteiger partial charge in [-0.15, -0.1) is 0 Å². The Morgan fingerprint density at radius 1 is 1.43 bits per heavy atom. The summed E-state index contributed by atoms with van der Waals surface area (Å²) >= 11 is 0. The fourth-order valence-corrected chi connectivity index (χ4v) is 2.64. The molecule has 3 rings (SSSR count). The van der Waals surface area contributed by atoms with Gasteiger partial charge in [0.2, 0.25) is 5.43 Å². The fraction of sp³-hybridized carbons (Fsp3) is 0.286.